The van der Waals surface area contributed by atoms with Crippen molar-refractivity contribution in [3.8, 4) is 5.75 Å². The van der Waals surface area contributed by atoms with E-state index in [0.717, 1.165) is 10.4 Å². The number of hydrogen-bond donors (Lipinski definition) is 1. The second-order valence-electron chi connectivity index (χ2n) is 10.4. The van der Waals surface area contributed by atoms with Crippen molar-refractivity contribution in [2.24, 2.45) is 11.8 Å². The molecule has 0 fully saturated rings. The predicted octanol–water partition coefficient (Wildman–Crippen LogP) is 5.50. The Morgan fingerprint density at radius 1 is 1.05 bits per heavy atom. The first kappa shape index (κ1) is 28.8. The van der Waals surface area contributed by atoms with Crippen LogP contribution in [0.25, 0.3) is 11.0 Å². The molecular weight excluding hydrogens is 534 g/mol. The lowest BCUT2D eigenvalue weighted by Gasteiger charge is -2.30. The number of benzene rings is 2. The average Bonchev–Trinajstić information content (AvgIpc) is 3.58. The first-order valence-corrected chi connectivity index (χ1v) is 15.3. The number of hydrogen-bond acceptors (Lipinski definition) is 7. The summed E-state index contributed by atoms with van der Waals surface area (Å²) < 4.78 is 40.9. The second kappa shape index (κ2) is 12.8. The van der Waals surface area contributed by atoms with Crippen LogP contribution >= 0.6 is 11.3 Å². The van der Waals surface area contributed by atoms with Crippen LogP contribution in [0.1, 0.15) is 38.1 Å². The Bertz CT molecular complexity index is 1450. The molecule has 0 aliphatic rings. The third-order valence-corrected chi connectivity index (χ3v) is 8.26. The van der Waals surface area contributed by atoms with Gasteiger partial charge in [0, 0.05) is 24.7 Å². The van der Waals surface area contributed by atoms with Gasteiger partial charge in [-0.15, -0.1) is 11.3 Å². The topological polar surface area (TPSA) is 102 Å². The van der Waals surface area contributed by atoms with E-state index in [2.05, 4.69) is 9.71 Å². The monoisotopic (exact) mass is 569 g/mol. The molecule has 0 aliphatic heterocycles. The number of nitrogens with one attached hydrogen (secondary N) is 1. The Balaban J connectivity index is 1.57. The van der Waals surface area contributed by atoms with Crippen molar-refractivity contribution < 1.29 is 22.4 Å². The molecule has 4 aromatic rings. The summed E-state index contributed by atoms with van der Waals surface area (Å²) in [5, 5.41) is 0.677. The standard InChI is InChI=1S/C29H35N3O5S2/c1-20(2)16-32(17-21(3)4)29(33)27(31-39(34,35)26-9-10-28-23(14-26)11-12-36-28)13-22-5-7-24(8-6-22)37-18-25-15-30-19-38-25/h5-12,14-15,19-21,27,31H,13,16-18H2,1-4H3/t27-/m0/s1. The lowest BCUT2D eigenvalue weighted by Crippen LogP contribution is -2.51. The van der Waals surface area contributed by atoms with E-state index >= 15 is 0 Å². The highest BCUT2D eigenvalue weighted by Crippen LogP contribution is 2.22. The van der Waals surface area contributed by atoms with Gasteiger partial charge < -0.3 is 14.1 Å². The highest BCUT2D eigenvalue weighted by molar-refractivity contribution is 7.89. The molecule has 208 valence electrons. The summed E-state index contributed by atoms with van der Waals surface area (Å²) in [7, 11) is -3.99. The van der Waals surface area contributed by atoms with Gasteiger partial charge in [-0.1, -0.05) is 39.8 Å². The Kier molecular flexibility index (Phi) is 9.42. The fourth-order valence-electron chi connectivity index (χ4n) is 4.33. The molecular formula is C29H35N3O5S2. The van der Waals surface area contributed by atoms with E-state index < -0.39 is 16.1 Å². The van der Waals surface area contributed by atoms with Gasteiger partial charge in [-0.2, -0.15) is 4.72 Å². The van der Waals surface area contributed by atoms with Crippen molar-refractivity contribution >= 4 is 38.2 Å². The summed E-state index contributed by atoms with van der Waals surface area (Å²) in [6.07, 6.45) is 3.49. The fourth-order valence-corrected chi connectivity index (χ4v) is 6.06. The average molecular weight is 570 g/mol. The molecule has 8 nitrogen and oxygen atoms in total. The van der Waals surface area contributed by atoms with Crippen molar-refractivity contribution in [1.82, 2.24) is 14.6 Å². The van der Waals surface area contributed by atoms with Gasteiger partial charge in [0.1, 0.15) is 24.0 Å². The van der Waals surface area contributed by atoms with Gasteiger partial charge in [0.05, 0.1) is 21.5 Å². The minimum atomic E-state index is -3.99. The minimum Gasteiger partial charge on any atom is -0.488 e. The van der Waals surface area contributed by atoms with Gasteiger partial charge in [-0.05, 0) is 60.2 Å². The van der Waals surface area contributed by atoms with E-state index in [1.54, 1.807) is 34.8 Å². The molecule has 0 spiro atoms. The molecule has 0 bridgehead atoms. The molecule has 1 amide bonds. The van der Waals surface area contributed by atoms with Gasteiger partial charge >= 0.3 is 0 Å². The quantitative estimate of drug-likeness (QED) is 0.228. The Hall–Kier alpha value is -3.21. The third kappa shape index (κ3) is 7.90. The van der Waals surface area contributed by atoms with Crippen LogP contribution < -0.4 is 9.46 Å². The molecule has 1 N–H and O–H groups in total. The van der Waals surface area contributed by atoms with E-state index in [4.69, 9.17) is 9.15 Å². The number of sulfonamides is 1. The summed E-state index contributed by atoms with van der Waals surface area (Å²) in [6.45, 7) is 9.69. The highest BCUT2D eigenvalue weighted by Gasteiger charge is 2.30. The maximum absolute atomic E-state index is 13.9. The van der Waals surface area contributed by atoms with Crippen LogP contribution in [-0.2, 0) is 27.8 Å². The van der Waals surface area contributed by atoms with Gasteiger partial charge in [0.15, 0.2) is 0 Å². The number of aromatic nitrogens is 1. The fraction of sp³-hybridized carbons (Fsp3) is 0.379. The summed E-state index contributed by atoms with van der Waals surface area (Å²) in [6, 6.07) is 12.8. The number of ether oxygens (including phenoxy) is 1. The molecule has 4 rings (SSSR count). The van der Waals surface area contributed by atoms with Crippen molar-refractivity contribution in [3.63, 3.8) is 0 Å². The summed E-state index contributed by atoms with van der Waals surface area (Å²) >= 11 is 1.52. The Morgan fingerprint density at radius 2 is 1.77 bits per heavy atom. The lowest BCUT2D eigenvalue weighted by molar-refractivity contribution is -0.134. The van der Waals surface area contributed by atoms with Crippen LogP contribution in [0.5, 0.6) is 5.75 Å². The van der Waals surface area contributed by atoms with Gasteiger partial charge in [-0.25, -0.2) is 8.42 Å². The molecule has 0 saturated carbocycles. The van der Waals surface area contributed by atoms with Crippen molar-refractivity contribution in [2.75, 3.05) is 13.1 Å². The molecule has 2 aromatic carbocycles. The number of rotatable bonds is 13. The lowest BCUT2D eigenvalue weighted by atomic mass is 10.0. The van der Waals surface area contributed by atoms with Crippen LogP contribution in [0.2, 0.25) is 0 Å². The number of amides is 1. The van der Waals surface area contributed by atoms with Gasteiger partial charge in [0.25, 0.3) is 0 Å². The van der Waals surface area contributed by atoms with Crippen LogP contribution in [0.4, 0.5) is 0 Å². The zero-order chi connectivity index (χ0) is 28.0. The SMILES string of the molecule is CC(C)CN(CC(C)C)C(=O)[C@H](Cc1ccc(OCc2cncs2)cc1)NS(=O)(=O)c1ccc2occc2c1. The molecule has 1 atom stereocenters. The zero-order valence-corrected chi connectivity index (χ0v) is 24.3. The normalized spacial score (nSPS) is 12.8. The minimum absolute atomic E-state index is 0.0836. The molecule has 2 heterocycles. The summed E-state index contributed by atoms with van der Waals surface area (Å²) in [5.74, 6) is 0.924. The largest absolute Gasteiger partial charge is 0.488 e. The van der Waals surface area contributed by atoms with E-state index in [9.17, 15) is 13.2 Å². The molecule has 10 heteroatoms. The molecule has 0 saturated heterocycles. The van der Waals surface area contributed by atoms with E-state index in [1.165, 1.54) is 23.7 Å². The zero-order valence-electron chi connectivity index (χ0n) is 22.7. The number of carbonyl (C=O) groups is 1. The first-order chi connectivity index (χ1) is 18.6. The van der Waals surface area contributed by atoms with Crippen LogP contribution in [0.3, 0.4) is 0 Å². The maximum Gasteiger partial charge on any atom is 0.241 e. The highest BCUT2D eigenvalue weighted by atomic mass is 32.2. The van der Waals surface area contributed by atoms with E-state index in [1.807, 2.05) is 52.0 Å². The number of fused-ring (bicyclic) bond motifs is 1. The Morgan fingerprint density at radius 3 is 2.41 bits per heavy atom. The smallest absolute Gasteiger partial charge is 0.241 e. The number of furan rings is 1. The predicted molar refractivity (Wildman–Crippen MR) is 153 cm³/mol. The first-order valence-electron chi connectivity index (χ1n) is 13.0. The summed E-state index contributed by atoms with van der Waals surface area (Å²) in [4.78, 5) is 20.8. The van der Waals surface area contributed by atoms with Crippen LogP contribution in [0, 0.1) is 11.8 Å². The van der Waals surface area contributed by atoms with Gasteiger partial charge in [0.2, 0.25) is 15.9 Å². The van der Waals surface area contributed by atoms with Crippen LogP contribution in [-0.4, -0.2) is 43.3 Å². The molecule has 0 aliphatic carbocycles. The van der Waals surface area contributed by atoms with Crippen molar-refractivity contribution in [1.29, 1.82) is 0 Å². The van der Waals surface area contributed by atoms with Crippen molar-refractivity contribution in [2.45, 2.75) is 51.7 Å². The number of thiazole rings is 1. The molecule has 39 heavy (non-hydrogen) atoms. The van der Waals surface area contributed by atoms with Gasteiger partial charge in [-0.3, -0.25) is 9.78 Å². The second-order valence-corrected chi connectivity index (χ2v) is 13.1. The molecule has 2 aromatic heterocycles. The molecule has 0 radical (unpaired) electrons. The Labute approximate surface area is 234 Å². The maximum atomic E-state index is 13.9. The van der Waals surface area contributed by atoms with E-state index in [-0.39, 0.29) is 29.1 Å². The molecule has 0 unspecified atom stereocenters. The van der Waals surface area contributed by atoms with E-state index in [0.29, 0.717) is 36.4 Å². The summed E-state index contributed by atoms with van der Waals surface area (Å²) in [5.41, 5.74) is 3.18. The van der Waals surface area contributed by atoms with Crippen LogP contribution in [0.15, 0.2) is 75.8 Å². The number of nitrogens with zero attached hydrogens (tertiary/aromatic N) is 2. The van der Waals surface area contributed by atoms with Crippen molar-refractivity contribution in [3.05, 3.63) is 76.9 Å². The number of carbonyl (C=O) groups excluding carboxylic acids is 1. The third-order valence-electron chi connectivity index (χ3n) is 6.04.